The number of rotatable bonds is 3. The molecule has 1 aromatic carbocycles. The van der Waals surface area contributed by atoms with Gasteiger partial charge in [-0.3, -0.25) is 0 Å². The van der Waals surface area contributed by atoms with Crippen molar-refractivity contribution in [2.24, 2.45) is 0 Å². The predicted octanol–water partition coefficient (Wildman–Crippen LogP) is 4.25. The van der Waals surface area contributed by atoms with Crippen LogP contribution in [0.3, 0.4) is 0 Å². The van der Waals surface area contributed by atoms with E-state index in [1.54, 1.807) is 11.8 Å². The molecule has 0 aromatic heterocycles. The molecule has 0 atom stereocenters. The van der Waals surface area contributed by atoms with E-state index in [2.05, 4.69) is 51.4 Å². The summed E-state index contributed by atoms with van der Waals surface area (Å²) in [5.74, 6) is 0. The summed E-state index contributed by atoms with van der Waals surface area (Å²) in [6, 6.07) is 2.15. The molecular weight excluding hydrogens is 228 g/mol. The van der Waals surface area contributed by atoms with Gasteiger partial charge >= 0.3 is 0 Å². The van der Waals surface area contributed by atoms with E-state index in [9.17, 15) is 0 Å². The van der Waals surface area contributed by atoms with Crippen LogP contribution in [0.25, 0.3) is 0 Å². The van der Waals surface area contributed by atoms with Crippen LogP contribution < -0.4 is 0 Å². The maximum atomic E-state index is 4.58. The second kappa shape index (κ2) is 5.38. The fraction of sp³-hybridized carbons (Fsp3) is 0.455. The first-order valence-corrected chi connectivity index (χ1v) is 6.82. The average Bonchev–Trinajstić information content (AvgIpc) is 2.19. The molecule has 0 spiro atoms. The first-order valence-electron chi connectivity index (χ1n) is 4.70. The van der Waals surface area contributed by atoms with E-state index in [4.69, 9.17) is 0 Å². The molecule has 0 aliphatic carbocycles. The van der Waals surface area contributed by atoms with Gasteiger partial charge in [-0.05, 0) is 36.8 Å². The second-order valence-corrected chi connectivity index (χ2v) is 5.08. The van der Waals surface area contributed by atoms with E-state index in [1.165, 1.54) is 16.0 Å². The molecule has 0 unspecified atom stereocenters. The lowest BCUT2D eigenvalue weighted by Gasteiger charge is -2.13. The van der Waals surface area contributed by atoms with Crippen molar-refractivity contribution in [3.05, 3.63) is 17.2 Å². The molecule has 78 valence electrons. The fourth-order valence-corrected chi connectivity index (χ4v) is 2.99. The van der Waals surface area contributed by atoms with Gasteiger partial charge in [0.25, 0.3) is 0 Å². The fourth-order valence-electron chi connectivity index (χ4n) is 1.46. The Morgan fingerprint density at radius 3 is 2.50 bits per heavy atom. The Balaban J connectivity index is 3.29. The molecule has 0 radical (unpaired) electrons. The minimum absolute atomic E-state index is 1.04. The molecule has 0 bridgehead atoms. The van der Waals surface area contributed by atoms with Crippen LogP contribution in [-0.2, 0) is 6.42 Å². The van der Waals surface area contributed by atoms with Gasteiger partial charge in [-0.1, -0.05) is 13.3 Å². The van der Waals surface area contributed by atoms with Gasteiger partial charge in [0.1, 0.15) is 0 Å². The molecule has 0 N–H and O–H groups in total. The third-order valence-electron chi connectivity index (χ3n) is 2.31. The van der Waals surface area contributed by atoms with Crippen LogP contribution in [0.15, 0.2) is 20.8 Å². The summed E-state index contributed by atoms with van der Waals surface area (Å²) in [4.78, 5) is 3.47. The van der Waals surface area contributed by atoms with E-state index < -0.39 is 0 Å². The summed E-state index contributed by atoms with van der Waals surface area (Å²) in [7, 11) is 0. The maximum Gasteiger partial charge on any atom is 0.0124 e. The van der Waals surface area contributed by atoms with Crippen molar-refractivity contribution < 1.29 is 0 Å². The SMILES string of the molecule is CCCc1c(SC)cc(S)c(C)c1S. The molecule has 0 saturated heterocycles. The van der Waals surface area contributed by atoms with Crippen molar-refractivity contribution in [2.75, 3.05) is 6.26 Å². The van der Waals surface area contributed by atoms with E-state index in [0.29, 0.717) is 0 Å². The minimum Gasteiger partial charge on any atom is -0.143 e. The lowest BCUT2D eigenvalue weighted by molar-refractivity contribution is 0.863. The lowest BCUT2D eigenvalue weighted by atomic mass is 10.1. The van der Waals surface area contributed by atoms with Gasteiger partial charge < -0.3 is 0 Å². The summed E-state index contributed by atoms with van der Waals surface area (Å²) >= 11 is 10.8. The van der Waals surface area contributed by atoms with Crippen molar-refractivity contribution in [2.45, 2.75) is 41.4 Å². The number of hydrogen-bond acceptors (Lipinski definition) is 3. The van der Waals surface area contributed by atoms with Crippen LogP contribution >= 0.6 is 37.0 Å². The highest BCUT2D eigenvalue weighted by Gasteiger charge is 2.10. The van der Waals surface area contributed by atoms with Gasteiger partial charge in [-0.25, -0.2) is 0 Å². The Hall–Kier alpha value is 0.270. The first-order chi connectivity index (χ1) is 6.61. The van der Waals surface area contributed by atoms with Crippen molar-refractivity contribution in [1.82, 2.24) is 0 Å². The third-order valence-corrected chi connectivity index (χ3v) is 4.18. The Kier molecular flexibility index (Phi) is 4.74. The van der Waals surface area contributed by atoms with Gasteiger partial charge in [0, 0.05) is 14.7 Å². The standard InChI is InChI=1S/C11H16S3/c1-4-5-8-10(14-3)6-9(12)7(2)11(8)13/h6,12-13H,4-5H2,1-3H3. The van der Waals surface area contributed by atoms with Crippen LogP contribution in [0, 0.1) is 6.92 Å². The van der Waals surface area contributed by atoms with Crippen molar-refractivity contribution in [1.29, 1.82) is 0 Å². The van der Waals surface area contributed by atoms with Crippen LogP contribution in [0.5, 0.6) is 0 Å². The zero-order valence-electron chi connectivity index (χ0n) is 8.79. The Labute approximate surface area is 102 Å². The van der Waals surface area contributed by atoms with Crippen molar-refractivity contribution >= 4 is 37.0 Å². The van der Waals surface area contributed by atoms with Crippen LogP contribution in [-0.4, -0.2) is 6.26 Å². The normalized spacial score (nSPS) is 10.6. The highest BCUT2D eigenvalue weighted by atomic mass is 32.2. The van der Waals surface area contributed by atoms with E-state index >= 15 is 0 Å². The molecule has 0 fully saturated rings. The molecule has 1 aromatic rings. The smallest absolute Gasteiger partial charge is 0.0124 e. The van der Waals surface area contributed by atoms with E-state index in [-0.39, 0.29) is 0 Å². The van der Waals surface area contributed by atoms with Crippen LogP contribution in [0.4, 0.5) is 0 Å². The van der Waals surface area contributed by atoms with Crippen molar-refractivity contribution in [3.63, 3.8) is 0 Å². The third kappa shape index (κ3) is 2.44. The molecule has 1 rings (SSSR count). The van der Waals surface area contributed by atoms with Gasteiger partial charge in [0.05, 0.1) is 0 Å². The highest BCUT2D eigenvalue weighted by molar-refractivity contribution is 7.98. The average molecular weight is 244 g/mol. The van der Waals surface area contributed by atoms with Gasteiger partial charge in [0.2, 0.25) is 0 Å². The number of thioether (sulfide) groups is 1. The molecule has 3 heteroatoms. The summed E-state index contributed by atoms with van der Waals surface area (Å²) in [5.41, 5.74) is 2.57. The Morgan fingerprint density at radius 1 is 1.36 bits per heavy atom. The molecule has 0 amide bonds. The lowest BCUT2D eigenvalue weighted by Crippen LogP contribution is -1.94. The summed E-state index contributed by atoms with van der Waals surface area (Å²) in [5, 5.41) is 0. The second-order valence-electron chi connectivity index (χ2n) is 3.30. The topological polar surface area (TPSA) is 0 Å². The van der Waals surface area contributed by atoms with E-state index in [1.807, 2.05) is 0 Å². The maximum absolute atomic E-state index is 4.58. The molecule has 0 aliphatic heterocycles. The van der Waals surface area contributed by atoms with Gasteiger partial charge in [0.15, 0.2) is 0 Å². The molecule has 0 aliphatic rings. The zero-order valence-corrected chi connectivity index (χ0v) is 11.4. The summed E-state index contributed by atoms with van der Waals surface area (Å²) in [6.45, 7) is 4.27. The quantitative estimate of drug-likeness (QED) is 0.592. The Morgan fingerprint density at radius 2 is 2.00 bits per heavy atom. The number of thiol groups is 2. The summed E-state index contributed by atoms with van der Waals surface area (Å²) in [6.07, 6.45) is 4.36. The molecule has 0 heterocycles. The highest BCUT2D eigenvalue weighted by Crippen LogP contribution is 2.33. The largest absolute Gasteiger partial charge is 0.143 e. The number of benzene rings is 1. The summed E-state index contributed by atoms with van der Waals surface area (Å²) < 4.78 is 0. The zero-order chi connectivity index (χ0) is 10.7. The monoisotopic (exact) mass is 244 g/mol. The predicted molar refractivity (Wildman–Crippen MR) is 71.5 cm³/mol. The molecule has 0 nitrogen and oxygen atoms in total. The minimum atomic E-state index is 1.04. The van der Waals surface area contributed by atoms with Gasteiger partial charge in [-0.2, -0.15) is 0 Å². The molecule has 0 saturated carbocycles. The van der Waals surface area contributed by atoms with Gasteiger partial charge in [-0.15, -0.1) is 37.0 Å². The first kappa shape index (κ1) is 12.3. The van der Waals surface area contributed by atoms with E-state index in [0.717, 1.165) is 22.6 Å². The molecular formula is C11H16S3. The van der Waals surface area contributed by atoms with Crippen LogP contribution in [0.2, 0.25) is 0 Å². The number of hydrogen-bond donors (Lipinski definition) is 2. The molecule has 14 heavy (non-hydrogen) atoms. The van der Waals surface area contributed by atoms with Crippen LogP contribution in [0.1, 0.15) is 24.5 Å². The Bertz CT molecular complexity index is 332. The van der Waals surface area contributed by atoms with Crippen molar-refractivity contribution in [3.8, 4) is 0 Å².